The Morgan fingerprint density at radius 3 is 2.24 bits per heavy atom. The number of thioether (sulfide) groups is 1. The monoisotopic (exact) mass is 1370 g/mol. The molecule has 0 spiro atoms. The number of nitrogens with one attached hydrogen (secondary N) is 3. The summed E-state index contributed by atoms with van der Waals surface area (Å²) in [5, 5.41) is 62.6. The van der Waals surface area contributed by atoms with Gasteiger partial charge in [-0.05, 0) is 103 Å². The number of hydrogen-bond donors (Lipinski definition) is 8. The fourth-order valence-electron chi connectivity index (χ4n) is 10.5. The number of allylic oxidation sites excluding steroid dienone is 3. The van der Waals surface area contributed by atoms with E-state index in [1.54, 1.807) is 47.1 Å². The fraction of sp³-hybridized carbons (Fsp3) is 0.655. The molecule has 0 radical (unpaired) electrons. The molecule has 24 nitrogen and oxygen atoms in total. The number of hydroxylamine groups is 1. The van der Waals surface area contributed by atoms with E-state index >= 15 is 0 Å². The Labute approximate surface area is 515 Å². The minimum absolute atomic E-state index is 0.0210. The molecule has 17 unspecified atom stereocenters. The first-order chi connectivity index (χ1) is 39.8. The molecule has 7 rings (SSSR count). The zero-order chi connectivity index (χ0) is 61.5. The smallest absolute Gasteiger partial charge is 0.411 e. The van der Waals surface area contributed by atoms with E-state index in [0.29, 0.717) is 15.7 Å². The van der Waals surface area contributed by atoms with Gasteiger partial charge in [0.25, 0.3) is 0 Å². The van der Waals surface area contributed by atoms with Gasteiger partial charge in [-0.3, -0.25) is 19.7 Å². The van der Waals surface area contributed by atoms with Gasteiger partial charge in [0.15, 0.2) is 41.8 Å². The van der Waals surface area contributed by atoms with Crippen LogP contribution in [0.5, 0.6) is 17.2 Å². The number of methoxy groups -OCH3 is 5. The van der Waals surface area contributed by atoms with Crippen LogP contribution in [0.2, 0.25) is 0 Å². The minimum Gasteiger partial charge on any atom is -0.492 e. The van der Waals surface area contributed by atoms with Gasteiger partial charge in [-0.25, -0.2) is 4.79 Å². The van der Waals surface area contributed by atoms with Gasteiger partial charge in [0.2, 0.25) is 17.2 Å². The van der Waals surface area contributed by atoms with E-state index in [1.165, 1.54) is 33.5 Å². The Kier molecular flexibility index (Phi) is 24.3. The zero-order valence-electron chi connectivity index (χ0n) is 48.1. The van der Waals surface area contributed by atoms with Crippen molar-refractivity contribution in [3.63, 3.8) is 0 Å². The van der Waals surface area contributed by atoms with Crippen molar-refractivity contribution in [2.24, 2.45) is 0 Å². The van der Waals surface area contributed by atoms with Gasteiger partial charge < -0.3 is 87.7 Å². The molecule has 4 saturated heterocycles. The molecule has 0 aromatic heterocycles. The predicted molar refractivity (Wildman–Crippen MR) is 319 cm³/mol. The highest BCUT2D eigenvalue weighted by atomic mass is 127. The molecule has 2 aliphatic carbocycles. The number of Topliss-reactive ketones (excluding diaryl/α,β-unsaturated/α-hetero) is 1. The average Bonchev–Trinajstić information content (AvgIpc) is 1.23. The van der Waals surface area contributed by atoms with Crippen LogP contribution in [0, 0.1) is 34.2 Å². The SMILES string of the molecule is CCNC1COC(OC2C(O[C@H]3C#C/C=C\C#C[C@]4(O)CC(=O)C(NC(=O)OC)=C3/C4=C\CS(C)(=S)=S)OC(C)C(NOC3CC(O)C(SC(=O)c4c(C)c(I)c(OC5OC(C)C(O)C(OC)C5O)c(OC)c4OC)C(C)O3)C2O)CC1OC. The molecule has 4 heterocycles. The third kappa shape index (κ3) is 15.6. The molecule has 466 valence electrons. The van der Waals surface area contributed by atoms with Crippen molar-refractivity contribution >= 4 is 80.9 Å². The number of benzene rings is 1. The summed E-state index contributed by atoms with van der Waals surface area (Å²) in [4.78, 5) is 47.5. The summed E-state index contributed by atoms with van der Waals surface area (Å²) in [7, 11) is 4.64. The number of ketones is 1. The van der Waals surface area contributed by atoms with Crippen molar-refractivity contribution in [3.8, 4) is 40.9 Å². The van der Waals surface area contributed by atoms with Crippen LogP contribution in [0.4, 0.5) is 4.79 Å². The predicted octanol–water partition coefficient (Wildman–Crippen LogP) is 1.25. The first kappa shape index (κ1) is 68.3. The van der Waals surface area contributed by atoms with Crippen molar-refractivity contribution in [2.75, 3.05) is 60.7 Å². The largest absolute Gasteiger partial charge is 0.492 e. The van der Waals surface area contributed by atoms with E-state index in [2.05, 4.69) is 39.8 Å². The first-order valence-electron chi connectivity index (χ1n) is 26.9. The van der Waals surface area contributed by atoms with Gasteiger partial charge in [-0.15, -0.1) is 0 Å². The van der Waals surface area contributed by atoms with E-state index in [-0.39, 0.29) is 77.0 Å². The lowest BCUT2D eigenvalue weighted by Crippen LogP contribution is -2.65. The topological polar surface area (TPSA) is 308 Å². The molecule has 1 aromatic rings. The van der Waals surface area contributed by atoms with Crippen molar-refractivity contribution in [3.05, 3.63) is 49.8 Å². The summed E-state index contributed by atoms with van der Waals surface area (Å²) in [5.74, 6) is 10.9. The molecular weight excluding hydrogens is 1290 g/mol. The molecular formula is C55H74IN3O21S4. The molecule has 4 aliphatic heterocycles. The lowest BCUT2D eigenvalue weighted by atomic mass is 9.75. The van der Waals surface area contributed by atoms with E-state index in [9.17, 15) is 39.9 Å². The molecule has 4 fully saturated rings. The standard InChI is InChI=1S/C55H74IN3O21S4/c1-12-57-30-24-73-35(22-34(30)68-6)78-48-43(63)40(26(3)75-53(48)77-33-17-15-13-14-16-19-55(67)23-32(61)41(58-54(66)72-10)38(33)29(55)18-20-84(11,81)82)59-80-36-21-31(60)50(28(5)74-36)83-51(65)37-25(2)39(56)46(49(71-9)45(37)69-7)79-52-44(64)47(70-8)42(62)27(4)76-52/h13-14,18,26-28,30-31,33-36,40,42-44,47-48,50,52-53,57,59-60,62-64,67H,12,20-24H2,1-11H3,(H,58,66)/b14-13-,29-18+/t26?,27?,28?,30?,31?,33-,34?,35?,36?,40?,42?,43?,44?,47?,48?,50?,52?,53?,55-/m0/s1. The molecule has 6 aliphatic rings. The lowest BCUT2D eigenvalue weighted by molar-refractivity contribution is -0.336. The van der Waals surface area contributed by atoms with Gasteiger partial charge in [0.05, 0.1) is 97.0 Å². The van der Waals surface area contributed by atoms with Crippen LogP contribution in [0.15, 0.2) is 35.1 Å². The van der Waals surface area contributed by atoms with Crippen LogP contribution in [0.25, 0.3) is 0 Å². The Morgan fingerprint density at radius 1 is 0.893 bits per heavy atom. The Hall–Kier alpha value is -3.20. The lowest BCUT2D eigenvalue weighted by Gasteiger charge is -2.46. The Balaban J connectivity index is 1.13. The number of rotatable bonds is 20. The summed E-state index contributed by atoms with van der Waals surface area (Å²) >= 11 is 14.0. The van der Waals surface area contributed by atoms with Crippen LogP contribution in [0.3, 0.4) is 0 Å². The maximum Gasteiger partial charge on any atom is 0.411 e. The fourth-order valence-corrected chi connectivity index (χ4v) is 13.2. The van der Waals surface area contributed by atoms with Gasteiger partial charge >= 0.3 is 6.09 Å². The second-order valence-electron chi connectivity index (χ2n) is 20.6. The maximum absolute atomic E-state index is 14.4. The molecule has 29 heteroatoms. The molecule has 84 heavy (non-hydrogen) atoms. The van der Waals surface area contributed by atoms with Crippen LogP contribution in [-0.4, -0.2) is 218 Å². The van der Waals surface area contributed by atoms with E-state index in [4.69, 9.17) is 84.1 Å². The second kappa shape index (κ2) is 29.9. The minimum atomic E-state index is -2.13. The highest BCUT2D eigenvalue weighted by Gasteiger charge is 2.52. The second-order valence-corrected chi connectivity index (χ2v) is 30.1. The maximum atomic E-state index is 14.4. The summed E-state index contributed by atoms with van der Waals surface area (Å²) in [6.45, 7) is 9.34. The number of halogens is 1. The van der Waals surface area contributed by atoms with E-state index in [0.717, 1.165) is 18.9 Å². The number of carbonyl (C=O) groups is 3. The van der Waals surface area contributed by atoms with Gasteiger partial charge in [0.1, 0.15) is 36.6 Å². The van der Waals surface area contributed by atoms with E-state index < -0.39 is 134 Å². The van der Waals surface area contributed by atoms with Crippen molar-refractivity contribution < 1.29 is 102 Å². The molecule has 0 saturated carbocycles. The first-order valence-corrected chi connectivity index (χ1v) is 32.9. The highest BCUT2D eigenvalue weighted by molar-refractivity contribution is 14.1. The van der Waals surface area contributed by atoms with Crippen LogP contribution < -0.4 is 30.3 Å². The van der Waals surface area contributed by atoms with Gasteiger partial charge in [-0.1, -0.05) is 55.6 Å². The summed E-state index contributed by atoms with van der Waals surface area (Å²) in [5.41, 5.74) is 0.971. The molecule has 2 bridgehead atoms. The number of alkyl carbamates (subject to hydrolysis) is 1. The average molecular weight is 1370 g/mol. The van der Waals surface area contributed by atoms with E-state index in [1.807, 2.05) is 29.5 Å². The normalized spacial score (nSPS) is 36.1. The van der Waals surface area contributed by atoms with Gasteiger partial charge in [-0.2, -0.15) is 5.48 Å². The third-order valence-electron chi connectivity index (χ3n) is 14.9. The zero-order valence-corrected chi connectivity index (χ0v) is 53.6. The molecule has 8 N–H and O–H groups in total. The van der Waals surface area contributed by atoms with Crippen molar-refractivity contribution in [1.29, 1.82) is 0 Å². The molecule has 1 aromatic carbocycles. The van der Waals surface area contributed by atoms with Crippen molar-refractivity contribution in [1.82, 2.24) is 16.1 Å². The number of likely N-dealkylation sites (N-methyl/N-ethyl adjacent to an activating group) is 1. The number of ether oxygens (including phenoxy) is 12. The number of hydrogen-bond acceptors (Lipinski definition) is 26. The van der Waals surface area contributed by atoms with Crippen LogP contribution in [-0.2, 0) is 81.8 Å². The highest BCUT2D eigenvalue weighted by Crippen LogP contribution is 2.49. The number of aliphatic hydroxyl groups excluding tert-OH is 4. The number of aliphatic hydroxyl groups is 5. The summed E-state index contributed by atoms with van der Waals surface area (Å²) in [6, 6.07) is -1.30. The summed E-state index contributed by atoms with van der Waals surface area (Å²) in [6.07, 6.45) is -12.6. The molecule has 1 amide bonds. The van der Waals surface area contributed by atoms with Crippen LogP contribution in [0.1, 0.15) is 62.9 Å². The quantitative estimate of drug-likeness (QED) is 0.0518. The number of amides is 1. The van der Waals surface area contributed by atoms with Crippen molar-refractivity contribution in [2.45, 2.75) is 169 Å². The number of fused-ring (bicyclic) bond motifs is 2. The van der Waals surface area contributed by atoms with Crippen LogP contribution >= 0.6 is 34.4 Å². The number of carbonyl (C=O) groups excluding carboxylic acids is 3. The Morgan fingerprint density at radius 2 is 1.60 bits per heavy atom. The summed E-state index contributed by atoms with van der Waals surface area (Å²) < 4.78 is 72.4. The van der Waals surface area contributed by atoms with Gasteiger partial charge in [0, 0.05) is 44.0 Å². The molecule has 19 atom stereocenters. The Bertz CT molecular complexity index is 2900. The third-order valence-corrected chi connectivity index (χ3v) is 19.2.